The minimum absolute atomic E-state index is 0.124. The van der Waals surface area contributed by atoms with Crippen molar-refractivity contribution < 1.29 is 14.3 Å². The minimum atomic E-state index is -0.133. The Bertz CT molecular complexity index is 699. The maximum Gasteiger partial charge on any atom is 0.255 e. The first kappa shape index (κ1) is 18.0. The normalized spacial score (nSPS) is 16.6. The van der Waals surface area contributed by atoms with Crippen molar-refractivity contribution in [2.75, 3.05) is 19.8 Å². The van der Waals surface area contributed by atoms with Crippen molar-refractivity contribution in [1.82, 2.24) is 5.32 Å². The molecular weight excluding hydrogens is 382 g/mol. The molecule has 132 valence electrons. The van der Waals surface area contributed by atoms with Crippen molar-refractivity contribution in [3.63, 3.8) is 0 Å². The third kappa shape index (κ3) is 5.31. The molecule has 1 fully saturated rings. The number of rotatable bonds is 7. The zero-order chi connectivity index (χ0) is 17.5. The Hall–Kier alpha value is -1.85. The van der Waals surface area contributed by atoms with Crippen LogP contribution in [0.4, 0.5) is 0 Å². The van der Waals surface area contributed by atoms with Crippen LogP contribution in [0, 0.1) is 0 Å². The highest BCUT2D eigenvalue weighted by Gasteiger charge is 2.18. The molecule has 2 aromatic carbocycles. The molecule has 1 heterocycles. The first-order valence-corrected chi connectivity index (χ1v) is 9.38. The summed E-state index contributed by atoms with van der Waals surface area (Å²) >= 11 is 3.43. The summed E-state index contributed by atoms with van der Waals surface area (Å²) in [7, 11) is 0. The Morgan fingerprint density at radius 3 is 2.84 bits per heavy atom. The van der Waals surface area contributed by atoms with Crippen LogP contribution in [-0.4, -0.2) is 31.8 Å². The van der Waals surface area contributed by atoms with Crippen molar-refractivity contribution in [2.45, 2.75) is 25.4 Å². The molecule has 1 unspecified atom stereocenters. The predicted octanol–water partition coefficient (Wildman–Crippen LogP) is 3.98. The molecule has 4 nitrogen and oxygen atoms in total. The topological polar surface area (TPSA) is 47.6 Å². The van der Waals surface area contributed by atoms with Crippen LogP contribution < -0.4 is 10.1 Å². The molecule has 25 heavy (non-hydrogen) atoms. The van der Waals surface area contributed by atoms with E-state index in [4.69, 9.17) is 9.47 Å². The van der Waals surface area contributed by atoms with Gasteiger partial charge in [0.15, 0.2) is 0 Å². The average Bonchev–Trinajstić information content (AvgIpc) is 3.15. The van der Waals surface area contributed by atoms with Crippen molar-refractivity contribution >= 4 is 21.8 Å². The van der Waals surface area contributed by atoms with E-state index in [2.05, 4.69) is 33.4 Å². The van der Waals surface area contributed by atoms with Gasteiger partial charge >= 0.3 is 0 Å². The van der Waals surface area contributed by atoms with E-state index in [-0.39, 0.29) is 12.0 Å². The molecule has 0 bridgehead atoms. The third-order valence-corrected chi connectivity index (χ3v) is 4.68. The van der Waals surface area contributed by atoms with E-state index in [0.717, 1.165) is 30.3 Å². The monoisotopic (exact) mass is 403 g/mol. The fourth-order valence-corrected chi connectivity index (χ4v) is 3.20. The number of nitrogens with one attached hydrogen (secondary N) is 1. The molecule has 2 aromatic rings. The van der Waals surface area contributed by atoms with Gasteiger partial charge in [-0.15, -0.1) is 0 Å². The van der Waals surface area contributed by atoms with Crippen LogP contribution in [0.25, 0.3) is 0 Å². The Labute approximate surface area is 156 Å². The molecule has 0 radical (unpaired) electrons. The Morgan fingerprint density at radius 2 is 2.08 bits per heavy atom. The largest absolute Gasteiger partial charge is 0.492 e. The second-order valence-corrected chi connectivity index (χ2v) is 6.99. The average molecular weight is 404 g/mol. The summed E-state index contributed by atoms with van der Waals surface area (Å²) in [6, 6.07) is 15.7. The summed E-state index contributed by atoms with van der Waals surface area (Å²) in [5.74, 6) is 0.468. The van der Waals surface area contributed by atoms with Gasteiger partial charge < -0.3 is 14.8 Å². The van der Waals surface area contributed by atoms with Gasteiger partial charge in [-0.05, 0) is 36.6 Å². The molecule has 1 aliphatic rings. The SMILES string of the molecule is O=C(NCC1CCCO1)c1cc(Br)ccc1OCCc1ccccc1. The zero-order valence-corrected chi connectivity index (χ0v) is 15.6. The van der Waals surface area contributed by atoms with Crippen molar-refractivity contribution in [3.8, 4) is 5.75 Å². The number of carbonyl (C=O) groups is 1. The molecular formula is C20H22BrNO3. The van der Waals surface area contributed by atoms with Crippen LogP contribution in [0.5, 0.6) is 5.75 Å². The summed E-state index contributed by atoms with van der Waals surface area (Å²) in [6.45, 7) is 1.84. The molecule has 0 aliphatic carbocycles. The molecule has 5 heteroatoms. The van der Waals surface area contributed by atoms with Crippen LogP contribution in [0.15, 0.2) is 53.0 Å². The molecule has 1 amide bonds. The molecule has 1 saturated heterocycles. The number of benzene rings is 2. The number of ether oxygens (including phenoxy) is 2. The smallest absolute Gasteiger partial charge is 0.255 e. The highest BCUT2D eigenvalue weighted by molar-refractivity contribution is 9.10. The van der Waals surface area contributed by atoms with Crippen LogP contribution in [0.2, 0.25) is 0 Å². The lowest BCUT2D eigenvalue weighted by Crippen LogP contribution is -2.32. The molecule has 1 N–H and O–H groups in total. The van der Waals surface area contributed by atoms with E-state index in [9.17, 15) is 4.79 Å². The van der Waals surface area contributed by atoms with Gasteiger partial charge in [-0.1, -0.05) is 46.3 Å². The molecule has 3 rings (SSSR count). The van der Waals surface area contributed by atoms with Gasteiger partial charge in [0.2, 0.25) is 0 Å². The molecule has 1 atom stereocenters. The van der Waals surface area contributed by atoms with E-state index >= 15 is 0 Å². The maximum atomic E-state index is 12.5. The standard InChI is InChI=1S/C20H22BrNO3/c21-16-8-9-19(25-12-10-15-5-2-1-3-6-15)18(13-16)20(23)22-14-17-7-4-11-24-17/h1-3,5-6,8-9,13,17H,4,7,10-12,14H2,(H,22,23). The van der Waals surface area contributed by atoms with Crippen LogP contribution in [0.3, 0.4) is 0 Å². The van der Waals surface area contributed by atoms with E-state index in [1.165, 1.54) is 5.56 Å². The number of halogens is 1. The van der Waals surface area contributed by atoms with E-state index < -0.39 is 0 Å². The predicted molar refractivity (Wildman–Crippen MR) is 101 cm³/mol. The van der Waals surface area contributed by atoms with Gasteiger partial charge in [-0.2, -0.15) is 0 Å². The fraction of sp³-hybridized carbons (Fsp3) is 0.350. The minimum Gasteiger partial charge on any atom is -0.492 e. The van der Waals surface area contributed by atoms with Crippen LogP contribution in [0.1, 0.15) is 28.8 Å². The number of hydrogen-bond acceptors (Lipinski definition) is 3. The van der Waals surface area contributed by atoms with Gasteiger partial charge in [0, 0.05) is 24.0 Å². The van der Waals surface area contributed by atoms with E-state index in [1.807, 2.05) is 30.3 Å². The highest BCUT2D eigenvalue weighted by Crippen LogP contribution is 2.24. The lowest BCUT2D eigenvalue weighted by atomic mass is 10.1. The van der Waals surface area contributed by atoms with E-state index in [0.29, 0.717) is 24.5 Å². The number of amides is 1. The summed E-state index contributed by atoms with van der Waals surface area (Å²) in [6.07, 6.45) is 2.98. The summed E-state index contributed by atoms with van der Waals surface area (Å²) < 4.78 is 12.3. The van der Waals surface area contributed by atoms with Crippen molar-refractivity contribution in [2.24, 2.45) is 0 Å². The number of carbonyl (C=O) groups excluding carboxylic acids is 1. The quantitative estimate of drug-likeness (QED) is 0.760. The summed E-state index contributed by atoms with van der Waals surface area (Å²) in [4.78, 5) is 12.5. The van der Waals surface area contributed by atoms with Gasteiger partial charge in [-0.25, -0.2) is 0 Å². The Kier molecular flexibility index (Phi) is 6.48. The molecule has 0 aromatic heterocycles. The molecule has 1 aliphatic heterocycles. The summed E-state index contributed by atoms with van der Waals surface area (Å²) in [5, 5.41) is 2.95. The zero-order valence-electron chi connectivity index (χ0n) is 14.0. The van der Waals surface area contributed by atoms with Crippen molar-refractivity contribution in [1.29, 1.82) is 0 Å². The first-order valence-electron chi connectivity index (χ1n) is 8.58. The van der Waals surface area contributed by atoms with Crippen LogP contribution in [-0.2, 0) is 11.2 Å². The van der Waals surface area contributed by atoms with E-state index in [1.54, 1.807) is 6.07 Å². The first-order chi connectivity index (χ1) is 12.2. The lowest BCUT2D eigenvalue weighted by molar-refractivity contribution is 0.0854. The lowest BCUT2D eigenvalue weighted by Gasteiger charge is -2.14. The Balaban J connectivity index is 1.59. The number of hydrogen-bond donors (Lipinski definition) is 1. The van der Waals surface area contributed by atoms with Gasteiger partial charge in [0.1, 0.15) is 5.75 Å². The van der Waals surface area contributed by atoms with Crippen molar-refractivity contribution in [3.05, 3.63) is 64.1 Å². The Morgan fingerprint density at radius 1 is 1.24 bits per heavy atom. The fourth-order valence-electron chi connectivity index (χ4n) is 2.84. The van der Waals surface area contributed by atoms with Crippen LogP contribution >= 0.6 is 15.9 Å². The summed E-state index contributed by atoms with van der Waals surface area (Å²) in [5.41, 5.74) is 1.75. The highest BCUT2D eigenvalue weighted by atomic mass is 79.9. The third-order valence-electron chi connectivity index (χ3n) is 4.19. The molecule has 0 spiro atoms. The van der Waals surface area contributed by atoms with Gasteiger partial charge in [-0.3, -0.25) is 4.79 Å². The van der Waals surface area contributed by atoms with Gasteiger partial charge in [0.25, 0.3) is 5.91 Å². The molecule has 0 saturated carbocycles. The maximum absolute atomic E-state index is 12.5. The second-order valence-electron chi connectivity index (χ2n) is 6.07. The second kappa shape index (κ2) is 9.02. The van der Waals surface area contributed by atoms with Gasteiger partial charge in [0.05, 0.1) is 18.3 Å².